The molecule has 0 heterocycles. The Morgan fingerprint density at radius 1 is 1.53 bits per heavy atom. The van der Waals surface area contributed by atoms with Gasteiger partial charge in [0.15, 0.2) is 0 Å². The Morgan fingerprint density at radius 2 is 2.24 bits per heavy atom. The van der Waals surface area contributed by atoms with Gasteiger partial charge in [0.1, 0.15) is 11.5 Å². The number of fused-ring (bicyclic) bond motifs is 1. The first-order valence-electron chi connectivity index (χ1n) is 5.67. The molecule has 1 unspecified atom stereocenters. The van der Waals surface area contributed by atoms with E-state index in [2.05, 4.69) is 0 Å². The largest absolute Gasteiger partial charge is 0.383 e. The van der Waals surface area contributed by atoms with Crippen molar-refractivity contribution in [3.63, 3.8) is 0 Å². The predicted octanol–water partition coefficient (Wildman–Crippen LogP) is 1.52. The Bertz CT molecular complexity index is 435. The number of alkyl halides is 1. The predicted molar refractivity (Wildman–Crippen MR) is 67.0 cm³/mol. The molecule has 92 valence electrons. The number of hydrogen-bond donors (Lipinski definition) is 1. The van der Waals surface area contributed by atoms with Gasteiger partial charge in [-0.2, -0.15) is 0 Å². The minimum atomic E-state index is -0.924. The van der Waals surface area contributed by atoms with Crippen molar-refractivity contribution in [3.8, 4) is 0 Å². The molecule has 0 radical (unpaired) electrons. The van der Waals surface area contributed by atoms with Crippen molar-refractivity contribution >= 4 is 17.5 Å². The van der Waals surface area contributed by atoms with Gasteiger partial charge in [-0.3, -0.25) is 4.79 Å². The third-order valence-electron chi connectivity index (χ3n) is 3.37. The fourth-order valence-corrected chi connectivity index (χ4v) is 2.62. The summed E-state index contributed by atoms with van der Waals surface area (Å²) in [7, 11) is 1.67. The molecule has 4 heteroatoms. The molecule has 0 spiro atoms. The normalized spacial score (nSPS) is 22.3. The van der Waals surface area contributed by atoms with Gasteiger partial charge in [-0.25, -0.2) is 0 Å². The summed E-state index contributed by atoms with van der Waals surface area (Å²) in [5, 5.41) is 10.6. The van der Waals surface area contributed by atoms with E-state index in [1.54, 1.807) is 7.05 Å². The second-order valence-electron chi connectivity index (χ2n) is 4.57. The van der Waals surface area contributed by atoms with E-state index in [9.17, 15) is 9.90 Å². The van der Waals surface area contributed by atoms with Gasteiger partial charge in [0.25, 0.3) is 0 Å². The highest BCUT2D eigenvalue weighted by atomic mass is 35.5. The Balaban J connectivity index is 2.19. The smallest absolute Gasteiger partial charge is 0.237 e. The van der Waals surface area contributed by atoms with E-state index in [0.29, 0.717) is 13.0 Å². The van der Waals surface area contributed by atoms with Crippen LogP contribution in [0.5, 0.6) is 0 Å². The van der Waals surface area contributed by atoms with E-state index >= 15 is 0 Å². The number of hydrogen-bond acceptors (Lipinski definition) is 2. The minimum Gasteiger partial charge on any atom is -0.383 e. The maximum Gasteiger partial charge on any atom is 0.237 e. The molecule has 0 bridgehead atoms. The Kier molecular flexibility index (Phi) is 3.40. The summed E-state index contributed by atoms with van der Waals surface area (Å²) in [5.41, 5.74) is 1.18. The van der Waals surface area contributed by atoms with Gasteiger partial charge in [-0.1, -0.05) is 24.3 Å². The summed E-state index contributed by atoms with van der Waals surface area (Å²) >= 11 is 5.51. The zero-order valence-electron chi connectivity index (χ0n) is 9.82. The summed E-state index contributed by atoms with van der Waals surface area (Å²) in [5.74, 6) is -0.210. The monoisotopic (exact) mass is 253 g/mol. The standard InChI is InChI=1S/C13H16ClNO2/c1-15(12(16)8-14)9-13(17)7-6-10-4-2-3-5-11(10)13/h2-5,17H,6-9H2,1H3. The molecule has 3 nitrogen and oxygen atoms in total. The van der Waals surface area contributed by atoms with Crippen LogP contribution in [0.25, 0.3) is 0 Å². The number of benzene rings is 1. The molecule has 1 aromatic rings. The first kappa shape index (κ1) is 12.4. The van der Waals surface area contributed by atoms with Crippen LogP contribution >= 0.6 is 11.6 Å². The first-order chi connectivity index (χ1) is 8.07. The van der Waals surface area contributed by atoms with E-state index in [-0.39, 0.29) is 11.8 Å². The summed E-state index contributed by atoms with van der Waals surface area (Å²) in [6.45, 7) is 0.301. The topological polar surface area (TPSA) is 40.5 Å². The van der Waals surface area contributed by atoms with E-state index in [0.717, 1.165) is 12.0 Å². The molecule has 2 rings (SSSR count). The van der Waals surface area contributed by atoms with Gasteiger partial charge in [-0.15, -0.1) is 11.6 Å². The average Bonchev–Trinajstić information content (AvgIpc) is 2.67. The van der Waals surface area contributed by atoms with Crippen LogP contribution in [0.4, 0.5) is 0 Å². The highest BCUT2D eigenvalue weighted by Gasteiger charge is 2.37. The lowest BCUT2D eigenvalue weighted by atomic mass is 9.95. The van der Waals surface area contributed by atoms with Crippen molar-refractivity contribution in [2.24, 2.45) is 0 Å². The Labute approximate surface area is 106 Å². The molecular formula is C13H16ClNO2. The molecule has 1 aromatic carbocycles. The molecule has 1 N–H and O–H groups in total. The van der Waals surface area contributed by atoms with E-state index in [4.69, 9.17) is 11.6 Å². The number of amides is 1. The molecule has 17 heavy (non-hydrogen) atoms. The number of likely N-dealkylation sites (N-methyl/N-ethyl adjacent to an activating group) is 1. The highest BCUT2D eigenvalue weighted by Crippen LogP contribution is 2.37. The number of halogens is 1. The van der Waals surface area contributed by atoms with E-state index in [1.807, 2.05) is 24.3 Å². The van der Waals surface area contributed by atoms with Crippen molar-refractivity contribution in [1.29, 1.82) is 0 Å². The molecule has 0 saturated heterocycles. The maximum atomic E-state index is 11.4. The second kappa shape index (κ2) is 4.67. The number of aryl methyl sites for hydroxylation is 1. The molecule has 0 fully saturated rings. The minimum absolute atomic E-state index is 0.0474. The van der Waals surface area contributed by atoms with Crippen LogP contribution in [0.3, 0.4) is 0 Å². The maximum absolute atomic E-state index is 11.4. The summed E-state index contributed by atoms with van der Waals surface area (Å²) in [4.78, 5) is 12.9. The number of carbonyl (C=O) groups is 1. The van der Waals surface area contributed by atoms with E-state index < -0.39 is 5.60 Å². The van der Waals surface area contributed by atoms with Crippen LogP contribution in [0, 0.1) is 0 Å². The lowest BCUT2D eigenvalue weighted by molar-refractivity contribution is -0.130. The van der Waals surface area contributed by atoms with Crippen molar-refractivity contribution in [3.05, 3.63) is 35.4 Å². The van der Waals surface area contributed by atoms with Crippen molar-refractivity contribution in [1.82, 2.24) is 4.90 Å². The van der Waals surface area contributed by atoms with Gasteiger partial charge < -0.3 is 10.0 Å². The van der Waals surface area contributed by atoms with Crippen LogP contribution in [-0.2, 0) is 16.8 Å². The lowest BCUT2D eigenvalue weighted by Gasteiger charge is -2.29. The first-order valence-corrected chi connectivity index (χ1v) is 6.21. The zero-order valence-corrected chi connectivity index (χ0v) is 10.6. The summed E-state index contributed by atoms with van der Waals surface area (Å²) < 4.78 is 0. The Hall–Kier alpha value is -1.06. The number of aliphatic hydroxyl groups is 1. The average molecular weight is 254 g/mol. The molecular weight excluding hydrogens is 238 g/mol. The van der Waals surface area contributed by atoms with Crippen LogP contribution in [0.15, 0.2) is 24.3 Å². The molecule has 0 aliphatic heterocycles. The zero-order chi connectivity index (χ0) is 12.5. The Morgan fingerprint density at radius 3 is 2.94 bits per heavy atom. The fraction of sp³-hybridized carbons (Fsp3) is 0.462. The number of rotatable bonds is 3. The molecule has 0 saturated carbocycles. The number of carbonyl (C=O) groups excluding carboxylic acids is 1. The van der Waals surface area contributed by atoms with Crippen LogP contribution in [-0.4, -0.2) is 35.4 Å². The van der Waals surface area contributed by atoms with Crippen molar-refractivity contribution in [2.45, 2.75) is 18.4 Å². The third-order valence-corrected chi connectivity index (χ3v) is 3.59. The number of nitrogens with zero attached hydrogens (tertiary/aromatic N) is 1. The van der Waals surface area contributed by atoms with E-state index in [1.165, 1.54) is 10.5 Å². The van der Waals surface area contributed by atoms with Crippen molar-refractivity contribution < 1.29 is 9.90 Å². The molecule has 1 atom stereocenters. The van der Waals surface area contributed by atoms with Gasteiger partial charge in [0, 0.05) is 7.05 Å². The summed E-state index contributed by atoms with van der Waals surface area (Å²) in [6.07, 6.45) is 1.52. The molecule has 1 amide bonds. The molecule has 0 aromatic heterocycles. The van der Waals surface area contributed by atoms with Gasteiger partial charge in [0.05, 0.1) is 6.54 Å². The second-order valence-corrected chi connectivity index (χ2v) is 4.84. The quantitative estimate of drug-likeness (QED) is 0.830. The van der Waals surface area contributed by atoms with Gasteiger partial charge >= 0.3 is 0 Å². The van der Waals surface area contributed by atoms with Gasteiger partial charge in [-0.05, 0) is 24.0 Å². The molecule has 1 aliphatic rings. The lowest BCUT2D eigenvalue weighted by Crippen LogP contribution is -2.41. The summed E-state index contributed by atoms with van der Waals surface area (Å²) in [6, 6.07) is 7.84. The SMILES string of the molecule is CN(CC1(O)CCc2ccccc21)C(=O)CCl. The third kappa shape index (κ3) is 2.31. The van der Waals surface area contributed by atoms with Crippen LogP contribution < -0.4 is 0 Å². The highest BCUT2D eigenvalue weighted by molar-refractivity contribution is 6.27. The fourth-order valence-electron chi connectivity index (χ4n) is 2.42. The van der Waals surface area contributed by atoms with Crippen LogP contribution in [0.2, 0.25) is 0 Å². The van der Waals surface area contributed by atoms with Crippen LogP contribution in [0.1, 0.15) is 17.5 Å². The van der Waals surface area contributed by atoms with Gasteiger partial charge in [0.2, 0.25) is 5.91 Å². The molecule has 1 aliphatic carbocycles. The van der Waals surface area contributed by atoms with Crippen molar-refractivity contribution in [2.75, 3.05) is 19.5 Å².